The summed E-state index contributed by atoms with van der Waals surface area (Å²) < 4.78 is 49.2. The molecule has 3 rings (SSSR count). The number of aromatic nitrogens is 2. The molecule has 1 saturated heterocycles. The monoisotopic (exact) mass is 299 g/mol. The smallest absolute Gasteiger partial charge is 0.262 e. The maximum absolute atomic E-state index is 13.1. The Labute approximate surface area is 118 Å². The van der Waals surface area contributed by atoms with Crippen molar-refractivity contribution < 1.29 is 22.4 Å². The van der Waals surface area contributed by atoms with Crippen molar-refractivity contribution >= 4 is 0 Å². The summed E-state index contributed by atoms with van der Waals surface area (Å²) in [4.78, 5) is 4.02. The van der Waals surface area contributed by atoms with Crippen LogP contribution < -0.4 is 10.1 Å². The third-order valence-electron chi connectivity index (χ3n) is 3.07. The molecule has 2 heterocycles. The Morgan fingerprint density at radius 1 is 1.33 bits per heavy atom. The van der Waals surface area contributed by atoms with Crippen LogP contribution in [0.1, 0.15) is 24.2 Å². The molecule has 5 nitrogen and oxygen atoms in total. The standard InChI is InChI=1S/C13H12F3N3O2/c14-8-1-3-9(4-2-8)20-6-11-18-12(21-19-11)10-5-13(15,16)7-17-10/h1-4,10,17H,5-7H2. The maximum Gasteiger partial charge on any atom is 0.262 e. The van der Waals surface area contributed by atoms with Crippen molar-refractivity contribution in [2.45, 2.75) is 25.0 Å². The number of nitrogens with zero attached hydrogens (tertiary/aromatic N) is 2. The van der Waals surface area contributed by atoms with Gasteiger partial charge in [-0.05, 0) is 24.3 Å². The van der Waals surface area contributed by atoms with E-state index in [9.17, 15) is 13.2 Å². The lowest BCUT2D eigenvalue weighted by Crippen LogP contribution is -2.19. The Balaban J connectivity index is 1.59. The van der Waals surface area contributed by atoms with Gasteiger partial charge in [0.15, 0.2) is 6.61 Å². The van der Waals surface area contributed by atoms with E-state index in [-0.39, 0.29) is 30.6 Å². The second-order valence-corrected chi connectivity index (χ2v) is 4.79. The second kappa shape index (κ2) is 5.36. The molecule has 1 aromatic carbocycles. The Kier molecular flexibility index (Phi) is 3.54. The second-order valence-electron chi connectivity index (χ2n) is 4.79. The summed E-state index contributed by atoms with van der Waals surface area (Å²) in [6, 6.07) is 4.82. The number of halogens is 3. The third-order valence-corrected chi connectivity index (χ3v) is 3.07. The molecule has 0 saturated carbocycles. The summed E-state index contributed by atoms with van der Waals surface area (Å²) in [6.07, 6.45) is -0.368. The Bertz CT molecular complexity index is 615. The number of alkyl halides is 2. The highest BCUT2D eigenvalue weighted by atomic mass is 19.3. The zero-order chi connectivity index (χ0) is 14.9. The van der Waals surface area contributed by atoms with Crippen LogP contribution in [-0.4, -0.2) is 22.6 Å². The van der Waals surface area contributed by atoms with Gasteiger partial charge in [-0.2, -0.15) is 4.98 Å². The highest BCUT2D eigenvalue weighted by Gasteiger charge is 2.42. The van der Waals surface area contributed by atoms with Crippen LogP contribution in [0.2, 0.25) is 0 Å². The van der Waals surface area contributed by atoms with E-state index in [4.69, 9.17) is 9.26 Å². The SMILES string of the molecule is Fc1ccc(OCc2noc(C3CC(F)(F)CN3)n2)cc1. The van der Waals surface area contributed by atoms with Crippen molar-refractivity contribution in [2.75, 3.05) is 6.54 Å². The largest absolute Gasteiger partial charge is 0.485 e. The molecule has 0 spiro atoms. The fourth-order valence-electron chi connectivity index (χ4n) is 2.04. The van der Waals surface area contributed by atoms with Gasteiger partial charge in [0.1, 0.15) is 11.6 Å². The minimum atomic E-state index is -2.76. The maximum atomic E-state index is 13.1. The van der Waals surface area contributed by atoms with Crippen LogP contribution >= 0.6 is 0 Å². The molecule has 0 aliphatic carbocycles. The number of benzene rings is 1. The zero-order valence-electron chi connectivity index (χ0n) is 10.9. The molecule has 8 heteroatoms. The van der Waals surface area contributed by atoms with Crippen LogP contribution in [0.5, 0.6) is 5.75 Å². The molecule has 1 aliphatic heterocycles. The van der Waals surface area contributed by atoms with Gasteiger partial charge in [0.25, 0.3) is 5.92 Å². The van der Waals surface area contributed by atoms with Crippen LogP contribution in [-0.2, 0) is 6.61 Å². The molecule has 0 radical (unpaired) electrons. The van der Waals surface area contributed by atoms with Crippen LogP contribution in [0.4, 0.5) is 13.2 Å². The topological polar surface area (TPSA) is 60.2 Å². The number of ether oxygens (including phenoxy) is 1. The van der Waals surface area contributed by atoms with Gasteiger partial charge in [-0.1, -0.05) is 5.16 Å². The Hall–Kier alpha value is -2.09. The van der Waals surface area contributed by atoms with E-state index in [1.54, 1.807) is 0 Å². The van der Waals surface area contributed by atoms with Crippen molar-refractivity contribution in [2.24, 2.45) is 0 Å². The first kappa shape index (κ1) is 13.9. The number of nitrogens with one attached hydrogen (secondary N) is 1. The molecule has 112 valence electrons. The lowest BCUT2D eigenvalue weighted by atomic mass is 10.2. The Morgan fingerprint density at radius 3 is 2.76 bits per heavy atom. The summed E-state index contributed by atoms with van der Waals surface area (Å²) in [7, 11) is 0. The molecule has 1 unspecified atom stereocenters. The van der Waals surface area contributed by atoms with Gasteiger partial charge >= 0.3 is 0 Å². The van der Waals surface area contributed by atoms with E-state index in [0.717, 1.165) is 0 Å². The average Bonchev–Trinajstić information content (AvgIpc) is 3.04. The van der Waals surface area contributed by atoms with E-state index in [1.807, 2.05) is 0 Å². The molecular formula is C13H12F3N3O2. The zero-order valence-corrected chi connectivity index (χ0v) is 10.9. The summed E-state index contributed by atoms with van der Waals surface area (Å²) in [5.41, 5.74) is 0. The van der Waals surface area contributed by atoms with Gasteiger partial charge in [0.05, 0.1) is 12.6 Å². The number of hydrogen-bond acceptors (Lipinski definition) is 5. The van der Waals surface area contributed by atoms with Gasteiger partial charge in [-0.3, -0.25) is 5.32 Å². The summed E-state index contributed by atoms with van der Waals surface area (Å²) in [5.74, 6) is -2.31. The van der Waals surface area contributed by atoms with Crippen molar-refractivity contribution in [3.05, 3.63) is 41.8 Å². The molecule has 1 aromatic heterocycles. The van der Waals surface area contributed by atoms with Crippen LogP contribution in [0.15, 0.2) is 28.8 Å². The number of hydrogen-bond donors (Lipinski definition) is 1. The van der Waals surface area contributed by atoms with Crippen molar-refractivity contribution in [1.29, 1.82) is 0 Å². The molecular weight excluding hydrogens is 287 g/mol. The molecule has 1 fully saturated rings. The first-order chi connectivity index (χ1) is 10.0. The van der Waals surface area contributed by atoms with Gasteiger partial charge in [0, 0.05) is 6.42 Å². The molecule has 0 amide bonds. The molecule has 21 heavy (non-hydrogen) atoms. The first-order valence-electron chi connectivity index (χ1n) is 6.34. The van der Waals surface area contributed by atoms with Gasteiger partial charge in [-0.15, -0.1) is 0 Å². The van der Waals surface area contributed by atoms with Crippen molar-refractivity contribution in [1.82, 2.24) is 15.5 Å². The quantitative estimate of drug-likeness (QED) is 0.939. The van der Waals surface area contributed by atoms with Gasteiger partial charge < -0.3 is 9.26 Å². The molecule has 1 atom stereocenters. The predicted molar refractivity (Wildman–Crippen MR) is 65.3 cm³/mol. The fraction of sp³-hybridized carbons (Fsp3) is 0.385. The van der Waals surface area contributed by atoms with E-state index in [1.165, 1.54) is 24.3 Å². The minimum absolute atomic E-state index is 0.0121. The van der Waals surface area contributed by atoms with E-state index >= 15 is 0 Å². The summed E-state index contributed by atoms with van der Waals surface area (Å²) in [5, 5.41) is 6.30. The highest BCUT2D eigenvalue weighted by Crippen LogP contribution is 2.33. The van der Waals surface area contributed by atoms with Crippen LogP contribution in [0.25, 0.3) is 0 Å². The third kappa shape index (κ3) is 3.33. The number of rotatable bonds is 4. The summed E-state index contributed by atoms with van der Waals surface area (Å²) in [6.45, 7) is -0.389. The van der Waals surface area contributed by atoms with Crippen LogP contribution in [0.3, 0.4) is 0 Å². The van der Waals surface area contributed by atoms with E-state index < -0.39 is 18.5 Å². The molecule has 2 aromatic rings. The van der Waals surface area contributed by atoms with E-state index in [0.29, 0.717) is 5.75 Å². The fourth-order valence-corrected chi connectivity index (χ4v) is 2.04. The molecule has 0 bridgehead atoms. The molecule has 1 N–H and O–H groups in total. The van der Waals surface area contributed by atoms with E-state index in [2.05, 4.69) is 15.5 Å². The highest BCUT2D eigenvalue weighted by molar-refractivity contribution is 5.22. The normalized spacial score (nSPS) is 20.6. The lowest BCUT2D eigenvalue weighted by Gasteiger charge is -2.04. The summed E-state index contributed by atoms with van der Waals surface area (Å²) >= 11 is 0. The van der Waals surface area contributed by atoms with Crippen molar-refractivity contribution in [3.63, 3.8) is 0 Å². The predicted octanol–water partition coefficient (Wildman–Crippen LogP) is 2.46. The lowest BCUT2D eigenvalue weighted by molar-refractivity contribution is 0.0200. The van der Waals surface area contributed by atoms with Gasteiger partial charge in [-0.25, -0.2) is 13.2 Å². The van der Waals surface area contributed by atoms with Crippen molar-refractivity contribution in [3.8, 4) is 5.75 Å². The minimum Gasteiger partial charge on any atom is -0.485 e. The van der Waals surface area contributed by atoms with Gasteiger partial charge in [0.2, 0.25) is 11.7 Å². The first-order valence-corrected chi connectivity index (χ1v) is 6.34. The molecule has 1 aliphatic rings. The van der Waals surface area contributed by atoms with Crippen LogP contribution in [0, 0.1) is 5.82 Å². The Morgan fingerprint density at radius 2 is 2.10 bits per heavy atom. The average molecular weight is 299 g/mol.